The van der Waals surface area contributed by atoms with Gasteiger partial charge in [-0.1, -0.05) is 41.9 Å². The highest BCUT2D eigenvalue weighted by atomic mass is 35.5. The van der Waals surface area contributed by atoms with Crippen LogP contribution in [0, 0.1) is 6.92 Å². The Balaban J connectivity index is 1.61. The molecule has 0 fully saturated rings. The number of hydrogen-bond acceptors (Lipinski definition) is 2. The summed E-state index contributed by atoms with van der Waals surface area (Å²) in [6, 6.07) is 15.8. The van der Waals surface area contributed by atoms with E-state index >= 15 is 0 Å². The third kappa shape index (κ3) is 4.34. The van der Waals surface area contributed by atoms with E-state index in [1.165, 1.54) is 5.56 Å². The third-order valence-electron chi connectivity index (χ3n) is 3.46. The Labute approximate surface area is 151 Å². The highest BCUT2D eigenvalue weighted by Crippen LogP contribution is 2.17. The van der Waals surface area contributed by atoms with Gasteiger partial charge in [0, 0.05) is 16.9 Å². The van der Waals surface area contributed by atoms with Crippen LogP contribution in [0.5, 0.6) is 0 Å². The summed E-state index contributed by atoms with van der Waals surface area (Å²) >= 11 is 11.5. The third-order valence-corrected chi connectivity index (χ3v) is 4.03. The molecule has 3 aromatic rings. The quantitative estimate of drug-likeness (QED) is 0.665. The largest absolute Gasteiger partial charge is 0.332 e. The molecule has 0 aliphatic carbocycles. The molecule has 122 valence electrons. The SMILES string of the molecule is Cc1cccc(NC(=S)Nc2cnn(Cc3ccccc3Cl)c2)c1. The maximum atomic E-state index is 6.18. The molecule has 6 heteroatoms. The van der Waals surface area contributed by atoms with Gasteiger partial charge in [0.2, 0.25) is 0 Å². The molecule has 1 heterocycles. The van der Waals surface area contributed by atoms with E-state index < -0.39 is 0 Å². The minimum atomic E-state index is 0.526. The Hall–Kier alpha value is -2.37. The van der Waals surface area contributed by atoms with Crippen molar-refractivity contribution in [1.29, 1.82) is 0 Å². The molecular formula is C18H17ClN4S. The second-order valence-corrected chi connectivity index (χ2v) is 6.28. The number of hydrogen-bond donors (Lipinski definition) is 2. The van der Waals surface area contributed by atoms with Crippen molar-refractivity contribution in [2.45, 2.75) is 13.5 Å². The first-order valence-electron chi connectivity index (χ1n) is 7.51. The Morgan fingerprint density at radius 3 is 2.71 bits per heavy atom. The van der Waals surface area contributed by atoms with Crippen molar-refractivity contribution in [3.8, 4) is 0 Å². The lowest BCUT2D eigenvalue weighted by molar-refractivity contribution is 0.687. The fourth-order valence-corrected chi connectivity index (χ4v) is 2.76. The molecule has 0 radical (unpaired) electrons. The molecule has 0 atom stereocenters. The van der Waals surface area contributed by atoms with Gasteiger partial charge >= 0.3 is 0 Å². The van der Waals surface area contributed by atoms with Crippen LogP contribution in [-0.2, 0) is 6.54 Å². The summed E-state index contributed by atoms with van der Waals surface area (Å²) in [4.78, 5) is 0. The summed E-state index contributed by atoms with van der Waals surface area (Å²) in [5, 5.41) is 11.9. The highest BCUT2D eigenvalue weighted by molar-refractivity contribution is 7.80. The van der Waals surface area contributed by atoms with Gasteiger partial charge in [-0.15, -0.1) is 0 Å². The van der Waals surface area contributed by atoms with Crippen molar-refractivity contribution in [1.82, 2.24) is 9.78 Å². The average molecular weight is 357 g/mol. The van der Waals surface area contributed by atoms with Gasteiger partial charge in [-0.05, 0) is 48.5 Å². The minimum Gasteiger partial charge on any atom is -0.332 e. The lowest BCUT2D eigenvalue weighted by Crippen LogP contribution is -2.18. The summed E-state index contributed by atoms with van der Waals surface area (Å²) in [5.41, 5.74) is 3.98. The molecule has 24 heavy (non-hydrogen) atoms. The van der Waals surface area contributed by atoms with Crippen molar-refractivity contribution in [3.63, 3.8) is 0 Å². The Morgan fingerprint density at radius 1 is 1.12 bits per heavy atom. The number of rotatable bonds is 4. The summed E-state index contributed by atoms with van der Waals surface area (Å²) in [5.74, 6) is 0. The zero-order valence-electron chi connectivity index (χ0n) is 13.2. The van der Waals surface area contributed by atoms with Crippen molar-refractivity contribution >= 4 is 40.3 Å². The van der Waals surface area contributed by atoms with Gasteiger partial charge in [0.1, 0.15) is 0 Å². The molecule has 0 aliphatic heterocycles. The topological polar surface area (TPSA) is 41.9 Å². The summed E-state index contributed by atoms with van der Waals surface area (Å²) < 4.78 is 1.82. The predicted octanol–water partition coefficient (Wildman–Crippen LogP) is 4.70. The van der Waals surface area contributed by atoms with Crippen LogP contribution < -0.4 is 10.6 Å². The first kappa shape index (κ1) is 16.5. The first-order valence-corrected chi connectivity index (χ1v) is 8.29. The molecule has 2 aromatic carbocycles. The number of halogens is 1. The molecule has 2 N–H and O–H groups in total. The summed E-state index contributed by atoms with van der Waals surface area (Å²) in [6.45, 7) is 2.65. The van der Waals surface area contributed by atoms with Crippen molar-refractivity contribution < 1.29 is 0 Å². The van der Waals surface area contributed by atoms with E-state index in [0.29, 0.717) is 11.7 Å². The van der Waals surface area contributed by atoms with E-state index in [2.05, 4.69) is 15.7 Å². The molecular weight excluding hydrogens is 340 g/mol. The van der Waals surface area contributed by atoms with Crippen LogP contribution in [0.1, 0.15) is 11.1 Å². The van der Waals surface area contributed by atoms with Crippen LogP contribution >= 0.6 is 23.8 Å². The van der Waals surface area contributed by atoms with Gasteiger partial charge in [0.05, 0.1) is 18.4 Å². The number of benzene rings is 2. The molecule has 0 amide bonds. The Bertz CT molecular complexity index is 859. The molecule has 0 bridgehead atoms. The van der Waals surface area contributed by atoms with Crippen molar-refractivity contribution in [3.05, 3.63) is 77.1 Å². The predicted molar refractivity (Wildman–Crippen MR) is 104 cm³/mol. The Kier molecular flexibility index (Phi) is 5.13. The number of aryl methyl sites for hydroxylation is 1. The van der Waals surface area contributed by atoms with E-state index in [4.69, 9.17) is 23.8 Å². The van der Waals surface area contributed by atoms with E-state index in [-0.39, 0.29) is 0 Å². The van der Waals surface area contributed by atoms with E-state index in [9.17, 15) is 0 Å². The van der Waals surface area contributed by atoms with Crippen molar-refractivity contribution in [2.75, 3.05) is 10.6 Å². The number of nitrogens with zero attached hydrogens (tertiary/aromatic N) is 2. The lowest BCUT2D eigenvalue weighted by Gasteiger charge is -2.09. The van der Waals surface area contributed by atoms with Crippen LogP contribution in [-0.4, -0.2) is 14.9 Å². The van der Waals surface area contributed by atoms with Crippen LogP contribution in [0.25, 0.3) is 0 Å². The number of aromatic nitrogens is 2. The van der Waals surface area contributed by atoms with Crippen molar-refractivity contribution in [2.24, 2.45) is 0 Å². The van der Waals surface area contributed by atoms with Gasteiger partial charge in [-0.2, -0.15) is 5.10 Å². The maximum absolute atomic E-state index is 6.18. The zero-order valence-corrected chi connectivity index (χ0v) is 14.7. The smallest absolute Gasteiger partial charge is 0.175 e. The second-order valence-electron chi connectivity index (χ2n) is 5.47. The molecule has 0 spiro atoms. The van der Waals surface area contributed by atoms with E-state index in [1.807, 2.05) is 66.3 Å². The maximum Gasteiger partial charge on any atom is 0.175 e. The molecule has 0 saturated heterocycles. The molecule has 4 nitrogen and oxygen atoms in total. The monoisotopic (exact) mass is 356 g/mol. The fraction of sp³-hybridized carbons (Fsp3) is 0.111. The normalized spacial score (nSPS) is 10.4. The van der Waals surface area contributed by atoms with Crippen LogP contribution in [0.3, 0.4) is 0 Å². The highest BCUT2D eigenvalue weighted by Gasteiger charge is 2.04. The van der Waals surface area contributed by atoms with Crippen LogP contribution in [0.2, 0.25) is 5.02 Å². The molecule has 3 rings (SSSR count). The van der Waals surface area contributed by atoms with E-state index in [0.717, 1.165) is 22.0 Å². The van der Waals surface area contributed by atoms with Gasteiger partial charge in [-0.25, -0.2) is 0 Å². The van der Waals surface area contributed by atoms with Gasteiger partial charge in [0.25, 0.3) is 0 Å². The first-order chi connectivity index (χ1) is 11.6. The number of thiocarbonyl (C=S) groups is 1. The summed E-state index contributed by atoms with van der Waals surface area (Å²) in [6.07, 6.45) is 3.63. The standard InChI is InChI=1S/C18H17ClN4S/c1-13-5-4-7-15(9-13)21-18(24)22-16-10-20-23(12-16)11-14-6-2-3-8-17(14)19/h2-10,12H,11H2,1H3,(H2,21,22,24). The zero-order chi connectivity index (χ0) is 16.9. The van der Waals surface area contributed by atoms with Gasteiger partial charge in [0.15, 0.2) is 5.11 Å². The minimum absolute atomic E-state index is 0.526. The number of anilines is 2. The van der Waals surface area contributed by atoms with E-state index in [1.54, 1.807) is 6.20 Å². The lowest BCUT2D eigenvalue weighted by atomic mass is 10.2. The molecule has 0 aliphatic rings. The average Bonchev–Trinajstić information content (AvgIpc) is 2.96. The van der Waals surface area contributed by atoms with Gasteiger partial charge in [-0.3, -0.25) is 4.68 Å². The molecule has 0 saturated carbocycles. The summed E-state index contributed by atoms with van der Waals surface area (Å²) in [7, 11) is 0. The Morgan fingerprint density at radius 2 is 1.92 bits per heavy atom. The molecule has 0 unspecified atom stereocenters. The molecule has 1 aromatic heterocycles. The van der Waals surface area contributed by atoms with Crippen LogP contribution in [0.15, 0.2) is 60.9 Å². The number of nitrogens with one attached hydrogen (secondary N) is 2. The van der Waals surface area contributed by atoms with Crippen LogP contribution in [0.4, 0.5) is 11.4 Å². The van der Waals surface area contributed by atoms with Gasteiger partial charge < -0.3 is 10.6 Å². The fourth-order valence-electron chi connectivity index (χ4n) is 2.33. The second kappa shape index (κ2) is 7.47.